The molecule has 0 aromatic rings. The van der Waals surface area contributed by atoms with Gasteiger partial charge in [0.15, 0.2) is 0 Å². The molecule has 0 aromatic heterocycles. The van der Waals surface area contributed by atoms with Crippen molar-refractivity contribution in [2.24, 2.45) is 17.8 Å². The van der Waals surface area contributed by atoms with Crippen LogP contribution in [0.2, 0.25) is 0 Å². The molecular weight excluding hydrogens is 248 g/mol. The third-order valence-electron chi connectivity index (χ3n) is 6.20. The van der Waals surface area contributed by atoms with Crippen molar-refractivity contribution in [2.45, 2.75) is 96.2 Å². The lowest BCUT2D eigenvalue weighted by Crippen LogP contribution is -2.57. The Morgan fingerprint density at radius 1 is 0.700 bits per heavy atom. The van der Waals surface area contributed by atoms with E-state index in [0.717, 1.165) is 0 Å². The summed E-state index contributed by atoms with van der Waals surface area (Å²) >= 11 is 0. The van der Waals surface area contributed by atoms with E-state index >= 15 is 0 Å². The molecule has 2 N–H and O–H groups in total. The maximum atomic E-state index is 11.2. The van der Waals surface area contributed by atoms with Gasteiger partial charge in [0.25, 0.3) is 0 Å². The van der Waals surface area contributed by atoms with Gasteiger partial charge in [-0.25, -0.2) is 0 Å². The molecule has 2 rings (SSSR count). The molecule has 0 aliphatic heterocycles. The molecule has 20 heavy (non-hydrogen) atoms. The van der Waals surface area contributed by atoms with Gasteiger partial charge in [-0.3, -0.25) is 0 Å². The summed E-state index contributed by atoms with van der Waals surface area (Å²) in [6.45, 7) is 5.46. The lowest BCUT2D eigenvalue weighted by atomic mass is 9.60. The first-order valence-corrected chi connectivity index (χ1v) is 8.79. The maximum Gasteiger partial charge on any atom is 0.0933 e. The van der Waals surface area contributed by atoms with Crippen LogP contribution in [0.4, 0.5) is 0 Å². The van der Waals surface area contributed by atoms with Crippen molar-refractivity contribution >= 4 is 0 Å². The Hall–Kier alpha value is -0.0800. The Kier molecular flexibility index (Phi) is 5.18. The Balaban J connectivity index is 2.22. The highest BCUT2D eigenvalue weighted by atomic mass is 16.4. The van der Waals surface area contributed by atoms with Crippen LogP contribution in [0.25, 0.3) is 0 Å². The Morgan fingerprint density at radius 2 is 1.05 bits per heavy atom. The van der Waals surface area contributed by atoms with Crippen LogP contribution in [0, 0.1) is 17.8 Å². The minimum Gasteiger partial charge on any atom is -0.387 e. The van der Waals surface area contributed by atoms with Gasteiger partial charge in [0, 0.05) is 0 Å². The van der Waals surface area contributed by atoms with E-state index in [-0.39, 0.29) is 5.92 Å². The molecule has 0 amide bonds. The van der Waals surface area contributed by atoms with E-state index in [1.165, 1.54) is 64.2 Å². The van der Waals surface area contributed by atoms with Crippen LogP contribution < -0.4 is 0 Å². The average Bonchev–Trinajstić information content (AvgIpc) is 2.40. The van der Waals surface area contributed by atoms with Gasteiger partial charge in [0.05, 0.1) is 11.2 Å². The number of hydrogen-bond acceptors (Lipinski definition) is 2. The SMILES string of the molecule is CC(C)(O)C(C)(O)C(C1CCCCC1)C1CCCCC1. The summed E-state index contributed by atoms with van der Waals surface area (Å²) in [7, 11) is 0. The van der Waals surface area contributed by atoms with Crippen LogP contribution in [0.15, 0.2) is 0 Å². The standard InChI is InChI=1S/C18H34O2/c1-17(2,19)18(3,20)16(14-10-6-4-7-11-14)15-12-8-5-9-13-15/h14-16,19-20H,4-13H2,1-3H3. The van der Waals surface area contributed by atoms with Gasteiger partial charge < -0.3 is 10.2 Å². The van der Waals surface area contributed by atoms with Crippen LogP contribution in [0.1, 0.15) is 85.0 Å². The molecule has 0 radical (unpaired) electrons. The second-order valence-corrected chi connectivity index (χ2v) is 8.03. The molecule has 0 heterocycles. The lowest BCUT2D eigenvalue weighted by Gasteiger charge is -2.50. The summed E-state index contributed by atoms with van der Waals surface area (Å²) in [5.41, 5.74) is -2.00. The van der Waals surface area contributed by atoms with E-state index in [4.69, 9.17) is 0 Å². The fraction of sp³-hybridized carbons (Fsp3) is 1.00. The van der Waals surface area contributed by atoms with Gasteiger partial charge in [-0.1, -0.05) is 64.2 Å². The predicted molar refractivity (Wildman–Crippen MR) is 83.6 cm³/mol. The molecule has 2 fully saturated rings. The summed E-state index contributed by atoms with van der Waals surface area (Å²) in [4.78, 5) is 0. The lowest BCUT2D eigenvalue weighted by molar-refractivity contribution is -0.181. The van der Waals surface area contributed by atoms with Crippen molar-refractivity contribution in [1.29, 1.82) is 0 Å². The largest absolute Gasteiger partial charge is 0.387 e. The van der Waals surface area contributed by atoms with Crippen molar-refractivity contribution in [3.8, 4) is 0 Å². The van der Waals surface area contributed by atoms with Crippen molar-refractivity contribution in [3.63, 3.8) is 0 Å². The normalized spacial score (nSPS) is 26.7. The monoisotopic (exact) mass is 282 g/mol. The first kappa shape index (κ1) is 16.3. The molecule has 0 saturated heterocycles. The first-order chi connectivity index (χ1) is 9.34. The minimum atomic E-state index is -1.02. The van der Waals surface area contributed by atoms with Gasteiger partial charge in [0.2, 0.25) is 0 Å². The summed E-state index contributed by atoms with van der Waals surface area (Å²) in [5.74, 6) is 1.48. The molecular formula is C18H34O2. The number of hydrogen-bond donors (Lipinski definition) is 2. The van der Waals surface area contributed by atoms with Crippen molar-refractivity contribution in [2.75, 3.05) is 0 Å². The number of aliphatic hydroxyl groups is 2. The van der Waals surface area contributed by atoms with Gasteiger partial charge in [-0.05, 0) is 38.5 Å². The Morgan fingerprint density at radius 3 is 1.35 bits per heavy atom. The van der Waals surface area contributed by atoms with Crippen LogP contribution in [-0.2, 0) is 0 Å². The molecule has 118 valence electrons. The second-order valence-electron chi connectivity index (χ2n) is 8.03. The Bertz CT molecular complexity index is 273. The van der Waals surface area contributed by atoms with Gasteiger partial charge >= 0.3 is 0 Å². The van der Waals surface area contributed by atoms with E-state index in [0.29, 0.717) is 11.8 Å². The fourth-order valence-electron chi connectivity index (χ4n) is 4.70. The van der Waals surface area contributed by atoms with Gasteiger partial charge in [-0.15, -0.1) is 0 Å². The molecule has 0 bridgehead atoms. The molecule has 2 heteroatoms. The highest BCUT2D eigenvalue weighted by molar-refractivity contribution is 5.01. The second kappa shape index (κ2) is 6.36. The topological polar surface area (TPSA) is 40.5 Å². The third-order valence-corrected chi connectivity index (χ3v) is 6.20. The van der Waals surface area contributed by atoms with Gasteiger partial charge in [-0.2, -0.15) is 0 Å². The highest BCUT2D eigenvalue weighted by Gasteiger charge is 2.50. The summed E-state index contributed by atoms with van der Waals surface area (Å²) < 4.78 is 0. The zero-order valence-corrected chi connectivity index (χ0v) is 13.7. The zero-order chi connectivity index (χ0) is 14.8. The zero-order valence-electron chi connectivity index (χ0n) is 13.7. The van der Waals surface area contributed by atoms with Crippen molar-refractivity contribution in [3.05, 3.63) is 0 Å². The molecule has 2 aliphatic carbocycles. The van der Waals surface area contributed by atoms with Crippen LogP contribution in [-0.4, -0.2) is 21.4 Å². The fourth-order valence-corrected chi connectivity index (χ4v) is 4.70. The Labute approximate surface area is 125 Å². The maximum absolute atomic E-state index is 11.2. The van der Waals surface area contributed by atoms with Crippen LogP contribution in [0.5, 0.6) is 0 Å². The summed E-state index contributed by atoms with van der Waals surface area (Å²) in [5, 5.41) is 21.7. The molecule has 1 atom stereocenters. The van der Waals surface area contributed by atoms with Crippen LogP contribution in [0.3, 0.4) is 0 Å². The molecule has 2 aliphatic rings. The van der Waals surface area contributed by atoms with E-state index < -0.39 is 11.2 Å². The quantitative estimate of drug-likeness (QED) is 0.807. The average molecular weight is 282 g/mol. The third kappa shape index (κ3) is 3.39. The first-order valence-electron chi connectivity index (χ1n) is 8.79. The molecule has 1 unspecified atom stereocenters. The summed E-state index contributed by atoms with van der Waals surface area (Å²) in [6.07, 6.45) is 12.9. The van der Waals surface area contributed by atoms with E-state index in [9.17, 15) is 10.2 Å². The predicted octanol–water partition coefficient (Wildman–Crippen LogP) is 4.29. The van der Waals surface area contributed by atoms with Gasteiger partial charge in [0.1, 0.15) is 0 Å². The summed E-state index contributed by atoms with van der Waals surface area (Å²) in [6, 6.07) is 0. The van der Waals surface area contributed by atoms with E-state index in [1.54, 1.807) is 13.8 Å². The van der Waals surface area contributed by atoms with Crippen molar-refractivity contribution in [1.82, 2.24) is 0 Å². The molecule has 2 saturated carbocycles. The van der Waals surface area contributed by atoms with Crippen LogP contribution >= 0.6 is 0 Å². The number of rotatable bonds is 4. The smallest absolute Gasteiger partial charge is 0.0933 e. The van der Waals surface area contributed by atoms with E-state index in [1.807, 2.05) is 6.92 Å². The molecule has 0 spiro atoms. The molecule has 0 aromatic carbocycles. The highest BCUT2D eigenvalue weighted by Crippen LogP contribution is 2.48. The van der Waals surface area contributed by atoms with E-state index in [2.05, 4.69) is 0 Å². The minimum absolute atomic E-state index is 0.267. The van der Waals surface area contributed by atoms with Crippen molar-refractivity contribution < 1.29 is 10.2 Å². The molecule has 2 nitrogen and oxygen atoms in total.